The first-order chi connectivity index (χ1) is 15.7. The van der Waals surface area contributed by atoms with Crippen LogP contribution >= 0.6 is 27.7 Å². The zero-order chi connectivity index (χ0) is 24.1. The minimum absolute atomic E-state index is 0.133. The van der Waals surface area contributed by atoms with E-state index >= 15 is 0 Å². The van der Waals surface area contributed by atoms with E-state index in [2.05, 4.69) is 20.7 Å². The van der Waals surface area contributed by atoms with Crippen LogP contribution in [0.5, 0.6) is 11.5 Å². The van der Waals surface area contributed by atoms with Crippen molar-refractivity contribution in [3.63, 3.8) is 0 Å². The molecule has 2 amide bonds. The van der Waals surface area contributed by atoms with Crippen molar-refractivity contribution in [3.8, 4) is 11.5 Å². The molecule has 1 aliphatic heterocycles. The Hall–Kier alpha value is -2.85. The van der Waals surface area contributed by atoms with Crippen LogP contribution in [0.25, 0.3) is 6.08 Å². The summed E-state index contributed by atoms with van der Waals surface area (Å²) in [5.41, 5.74) is 1.24. The van der Waals surface area contributed by atoms with Crippen LogP contribution in [0.2, 0.25) is 0 Å². The van der Waals surface area contributed by atoms with Crippen molar-refractivity contribution in [2.24, 2.45) is 0 Å². The topological polar surface area (TPSA) is 82.1 Å². The summed E-state index contributed by atoms with van der Waals surface area (Å²) >= 11 is 4.19. The van der Waals surface area contributed by atoms with Crippen molar-refractivity contribution >= 4 is 50.9 Å². The maximum atomic E-state index is 13.4. The molecule has 0 radical (unpaired) electrons. The molecule has 0 N–H and O–H groups in total. The van der Waals surface area contributed by atoms with E-state index in [1.54, 1.807) is 24.3 Å². The van der Waals surface area contributed by atoms with Crippen molar-refractivity contribution < 1.29 is 33.0 Å². The van der Waals surface area contributed by atoms with E-state index in [9.17, 15) is 18.8 Å². The summed E-state index contributed by atoms with van der Waals surface area (Å²) in [6.45, 7) is 3.75. The van der Waals surface area contributed by atoms with E-state index in [0.717, 1.165) is 16.7 Å². The van der Waals surface area contributed by atoms with Gasteiger partial charge in [-0.3, -0.25) is 14.5 Å². The molecular formula is C23H21BrFNO6S. The van der Waals surface area contributed by atoms with Gasteiger partial charge in [0.25, 0.3) is 11.1 Å². The largest absolute Gasteiger partial charge is 0.490 e. The highest BCUT2D eigenvalue weighted by Gasteiger charge is 2.41. The molecule has 0 aliphatic carbocycles. The fourth-order valence-electron chi connectivity index (χ4n) is 3.06. The maximum Gasteiger partial charge on any atom is 0.328 e. The number of carbonyl (C=O) groups is 3. The van der Waals surface area contributed by atoms with E-state index < -0.39 is 23.2 Å². The number of carbonyl (C=O) groups excluding carboxylic acids is 3. The number of rotatable bonds is 8. The summed E-state index contributed by atoms with van der Waals surface area (Å²) in [6.07, 6.45) is 1.54. The van der Waals surface area contributed by atoms with Gasteiger partial charge in [-0.25, -0.2) is 9.18 Å². The Morgan fingerprint density at radius 3 is 2.61 bits per heavy atom. The first-order valence-electron chi connectivity index (χ1n) is 9.93. The zero-order valence-corrected chi connectivity index (χ0v) is 20.5. The van der Waals surface area contributed by atoms with E-state index in [1.165, 1.54) is 32.2 Å². The lowest BCUT2D eigenvalue weighted by molar-refractivity contribution is -0.148. The molecule has 1 saturated heterocycles. The number of hydrogen-bond acceptors (Lipinski definition) is 7. The molecule has 1 fully saturated rings. The third-order valence-electron chi connectivity index (χ3n) is 4.69. The van der Waals surface area contributed by atoms with Gasteiger partial charge < -0.3 is 14.2 Å². The molecule has 2 aromatic carbocycles. The Morgan fingerprint density at radius 2 is 1.94 bits per heavy atom. The summed E-state index contributed by atoms with van der Waals surface area (Å²) in [5.74, 6) is -0.770. The minimum atomic E-state index is -1.03. The number of ether oxygens (including phenoxy) is 3. The van der Waals surface area contributed by atoms with Gasteiger partial charge in [-0.1, -0.05) is 28.1 Å². The summed E-state index contributed by atoms with van der Waals surface area (Å²) < 4.78 is 30.2. The van der Waals surface area contributed by atoms with Gasteiger partial charge in [0.05, 0.1) is 18.6 Å². The molecule has 0 unspecified atom stereocenters. The lowest BCUT2D eigenvalue weighted by Crippen LogP contribution is -2.42. The number of methoxy groups -OCH3 is 1. The number of benzene rings is 2. The highest BCUT2D eigenvalue weighted by molar-refractivity contribution is 9.10. The lowest BCUT2D eigenvalue weighted by atomic mass is 10.1. The Kier molecular flexibility index (Phi) is 8.15. The molecule has 10 heteroatoms. The third-order valence-corrected chi connectivity index (χ3v) is 6.26. The number of nitrogens with zero attached hydrogens (tertiary/aromatic N) is 1. The number of amides is 2. The summed E-state index contributed by atoms with van der Waals surface area (Å²) in [4.78, 5) is 37.9. The second-order valence-corrected chi connectivity index (χ2v) is 8.77. The van der Waals surface area contributed by atoms with E-state index in [0.29, 0.717) is 33.7 Å². The van der Waals surface area contributed by atoms with Crippen molar-refractivity contribution in [3.05, 3.63) is 62.7 Å². The van der Waals surface area contributed by atoms with Crippen LogP contribution in [0.3, 0.4) is 0 Å². The van der Waals surface area contributed by atoms with Gasteiger partial charge in [0, 0.05) is 4.47 Å². The van der Waals surface area contributed by atoms with Gasteiger partial charge in [0.15, 0.2) is 11.5 Å². The standard InChI is InChI=1S/C23H21BrFNO6S/c1-4-31-18-9-15(10-20-21(27)26(23(29)33-20)13(2)22(28)30-3)17(24)11-19(18)32-12-14-6-5-7-16(25)8-14/h5-11,13H,4,12H2,1-3H3/b20-10+/t13-/m1/s1. The predicted octanol–water partition coefficient (Wildman–Crippen LogP) is 5.16. The van der Waals surface area contributed by atoms with Crippen LogP contribution in [0.15, 0.2) is 45.8 Å². The van der Waals surface area contributed by atoms with Crippen LogP contribution < -0.4 is 9.47 Å². The van der Waals surface area contributed by atoms with Gasteiger partial charge in [-0.15, -0.1) is 0 Å². The van der Waals surface area contributed by atoms with Gasteiger partial charge in [-0.2, -0.15) is 0 Å². The minimum Gasteiger partial charge on any atom is -0.490 e. The van der Waals surface area contributed by atoms with Crippen LogP contribution in [-0.4, -0.2) is 41.8 Å². The first-order valence-corrected chi connectivity index (χ1v) is 11.5. The molecule has 1 heterocycles. The second kappa shape index (κ2) is 10.8. The molecular weight excluding hydrogens is 517 g/mol. The molecule has 174 valence electrons. The molecule has 33 heavy (non-hydrogen) atoms. The quantitative estimate of drug-likeness (QED) is 0.339. The van der Waals surface area contributed by atoms with Gasteiger partial charge in [0.2, 0.25) is 0 Å². The molecule has 0 spiro atoms. The van der Waals surface area contributed by atoms with Crippen molar-refractivity contribution in [1.29, 1.82) is 0 Å². The van der Waals surface area contributed by atoms with E-state index in [4.69, 9.17) is 9.47 Å². The number of esters is 1. The third kappa shape index (κ3) is 5.75. The highest BCUT2D eigenvalue weighted by Crippen LogP contribution is 2.39. The Morgan fingerprint density at radius 1 is 1.21 bits per heavy atom. The summed E-state index contributed by atoms with van der Waals surface area (Å²) in [5, 5.41) is -0.555. The van der Waals surface area contributed by atoms with Gasteiger partial charge >= 0.3 is 5.97 Å². The Labute approximate surface area is 203 Å². The first kappa shape index (κ1) is 24.8. The van der Waals surface area contributed by atoms with Crippen LogP contribution in [0, 0.1) is 5.82 Å². The smallest absolute Gasteiger partial charge is 0.328 e. The zero-order valence-electron chi connectivity index (χ0n) is 18.1. The SMILES string of the molecule is CCOc1cc(/C=C2/SC(=O)N([C@H](C)C(=O)OC)C2=O)c(Br)cc1OCc1cccc(F)c1. The molecule has 3 rings (SSSR count). The second-order valence-electron chi connectivity index (χ2n) is 6.92. The molecule has 7 nitrogen and oxygen atoms in total. The Bertz CT molecular complexity index is 1120. The van der Waals surface area contributed by atoms with Crippen LogP contribution in [-0.2, 0) is 20.9 Å². The number of halogens is 2. The van der Waals surface area contributed by atoms with Gasteiger partial charge in [-0.05, 0) is 67.1 Å². The van der Waals surface area contributed by atoms with E-state index in [-0.39, 0.29) is 17.3 Å². The Balaban J connectivity index is 1.87. The predicted molar refractivity (Wildman–Crippen MR) is 125 cm³/mol. The molecule has 0 aromatic heterocycles. The lowest BCUT2D eigenvalue weighted by Gasteiger charge is -2.18. The van der Waals surface area contributed by atoms with Gasteiger partial charge in [0.1, 0.15) is 18.5 Å². The molecule has 1 aliphatic rings. The normalized spacial score (nSPS) is 15.7. The fourth-order valence-corrected chi connectivity index (χ4v) is 4.40. The highest BCUT2D eigenvalue weighted by atomic mass is 79.9. The summed E-state index contributed by atoms with van der Waals surface area (Å²) in [7, 11) is 1.19. The van der Waals surface area contributed by atoms with Crippen LogP contribution in [0.4, 0.5) is 9.18 Å². The number of thioether (sulfide) groups is 1. The number of hydrogen-bond donors (Lipinski definition) is 0. The van der Waals surface area contributed by atoms with Crippen LogP contribution in [0.1, 0.15) is 25.0 Å². The van der Waals surface area contributed by atoms with Crippen molar-refractivity contribution in [2.75, 3.05) is 13.7 Å². The molecule has 1 atom stereocenters. The van der Waals surface area contributed by atoms with Crippen molar-refractivity contribution in [1.82, 2.24) is 4.90 Å². The fraction of sp³-hybridized carbons (Fsp3) is 0.261. The molecule has 0 bridgehead atoms. The van der Waals surface area contributed by atoms with E-state index in [1.807, 2.05) is 6.92 Å². The molecule has 2 aromatic rings. The summed E-state index contributed by atoms with van der Waals surface area (Å²) in [6, 6.07) is 8.41. The average molecular weight is 538 g/mol. The average Bonchev–Trinajstić information content (AvgIpc) is 3.06. The molecule has 0 saturated carbocycles. The number of imide groups is 1. The van der Waals surface area contributed by atoms with Crippen molar-refractivity contribution in [2.45, 2.75) is 26.5 Å². The monoisotopic (exact) mass is 537 g/mol. The maximum absolute atomic E-state index is 13.4.